The molecule has 16 heavy (non-hydrogen) atoms. The first-order valence-electron chi connectivity index (χ1n) is 5.17. The van der Waals surface area contributed by atoms with Gasteiger partial charge in [0.15, 0.2) is 5.75 Å². The quantitative estimate of drug-likeness (QED) is 0.562. The minimum absolute atomic E-state index is 0.116. The fourth-order valence-corrected chi connectivity index (χ4v) is 1.34. The minimum atomic E-state index is -0.342. The van der Waals surface area contributed by atoms with Gasteiger partial charge in [-0.25, -0.2) is 4.79 Å². The molecule has 0 bridgehead atoms. The lowest BCUT2D eigenvalue weighted by atomic mass is 10.3. The molecule has 1 rings (SSSR count). The van der Waals surface area contributed by atoms with E-state index in [4.69, 9.17) is 11.6 Å². The second-order valence-corrected chi connectivity index (χ2v) is 3.78. The van der Waals surface area contributed by atoms with E-state index in [9.17, 15) is 9.90 Å². The Morgan fingerprint density at radius 1 is 1.50 bits per heavy atom. The van der Waals surface area contributed by atoms with Gasteiger partial charge in [0.25, 0.3) is 0 Å². The van der Waals surface area contributed by atoms with E-state index < -0.39 is 0 Å². The zero-order valence-electron chi connectivity index (χ0n) is 9.09. The number of hydrogen-bond donors (Lipinski definition) is 3. The van der Waals surface area contributed by atoms with Gasteiger partial charge < -0.3 is 15.7 Å². The molecule has 0 aliphatic carbocycles. The second-order valence-electron chi connectivity index (χ2n) is 3.37. The lowest BCUT2D eigenvalue weighted by Crippen LogP contribution is -2.29. The SMILES string of the molecule is CCCCNC(=O)Nc1cccc(Cl)c1O. The summed E-state index contributed by atoms with van der Waals surface area (Å²) in [4.78, 5) is 11.4. The number of unbranched alkanes of at least 4 members (excludes halogenated alkanes) is 1. The van der Waals surface area contributed by atoms with Crippen molar-refractivity contribution in [3.63, 3.8) is 0 Å². The van der Waals surface area contributed by atoms with Crippen molar-refractivity contribution in [2.75, 3.05) is 11.9 Å². The van der Waals surface area contributed by atoms with E-state index in [0.717, 1.165) is 12.8 Å². The number of aromatic hydroxyl groups is 1. The van der Waals surface area contributed by atoms with Gasteiger partial charge in [-0.15, -0.1) is 0 Å². The fraction of sp³-hybridized carbons (Fsp3) is 0.364. The van der Waals surface area contributed by atoms with Gasteiger partial charge in [0.1, 0.15) is 0 Å². The molecule has 0 atom stereocenters. The number of phenolic OH excluding ortho intramolecular Hbond substituents is 1. The molecule has 0 saturated heterocycles. The van der Waals surface area contributed by atoms with Crippen molar-refractivity contribution in [2.45, 2.75) is 19.8 Å². The summed E-state index contributed by atoms with van der Waals surface area (Å²) in [5, 5.41) is 15.0. The van der Waals surface area contributed by atoms with Crippen molar-refractivity contribution in [2.24, 2.45) is 0 Å². The number of nitrogens with one attached hydrogen (secondary N) is 2. The third-order valence-corrected chi connectivity index (χ3v) is 2.36. The number of amides is 2. The van der Waals surface area contributed by atoms with Crippen LogP contribution in [0.15, 0.2) is 18.2 Å². The van der Waals surface area contributed by atoms with Crippen molar-refractivity contribution in [3.05, 3.63) is 23.2 Å². The van der Waals surface area contributed by atoms with Gasteiger partial charge in [-0.05, 0) is 18.6 Å². The average Bonchev–Trinajstić information content (AvgIpc) is 2.25. The molecule has 0 aromatic heterocycles. The van der Waals surface area contributed by atoms with E-state index >= 15 is 0 Å². The largest absolute Gasteiger partial charge is 0.504 e. The highest BCUT2D eigenvalue weighted by molar-refractivity contribution is 6.32. The number of halogens is 1. The summed E-state index contributed by atoms with van der Waals surface area (Å²) in [6.07, 6.45) is 1.94. The smallest absolute Gasteiger partial charge is 0.319 e. The first-order chi connectivity index (χ1) is 7.65. The van der Waals surface area contributed by atoms with E-state index in [1.165, 1.54) is 0 Å². The number of phenols is 1. The van der Waals surface area contributed by atoms with Crippen molar-refractivity contribution >= 4 is 23.3 Å². The van der Waals surface area contributed by atoms with Gasteiger partial charge in [0.2, 0.25) is 0 Å². The second kappa shape index (κ2) is 6.23. The summed E-state index contributed by atoms with van der Waals surface area (Å²) in [6, 6.07) is 4.45. The molecular formula is C11H15ClN2O2. The van der Waals surface area contributed by atoms with Crippen LogP contribution in [0.1, 0.15) is 19.8 Å². The summed E-state index contributed by atoms with van der Waals surface area (Å²) in [5.41, 5.74) is 0.307. The molecular weight excluding hydrogens is 228 g/mol. The molecule has 1 aromatic rings. The van der Waals surface area contributed by atoms with Crippen LogP contribution >= 0.6 is 11.6 Å². The molecule has 0 unspecified atom stereocenters. The van der Waals surface area contributed by atoms with Crippen LogP contribution in [-0.4, -0.2) is 17.7 Å². The summed E-state index contributed by atoms with van der Waals surface area (Å²) in [6.45, 7) is 2.66. The molecule has 0 saturated carbocycles. The predicted octanol–water partition coefficient (Wildman–Crippen LogP) is 2.97. The number of anilines is 1. The molecule has 3 N–H and O–H groups in total. The highest BCUT2D eigenvalue weighted by Crippen LogP contribution is 2.30. The summed E-state index contributed by atoms with van der Waals surface area (Å²) in [5.74, 6) is -0.116. The van der Waals surface area contributed by atoms with E-state index in [-0.39, 0.29) is 16.8 Å². The number of benzene rings is 1. The van der Waals surface area contributed by atoms with E-state index in [0.29, 0.717) is 12.2 Å². The summed E-state index contributed by atoms with van der Waals surface area (Å²) < 4.78 is 0. The van der Waals surface area contributed by atoms with Gasteiger partial charge in [-0.2, -0.15) is 0 Å². The first kappa shape index (κ1) is 12.6. The van der Waals surface area contributed by atoms with Crippen LogP contribution in [0, 0.1) is 0 Å². The minimum Gasteiger partial charge on any atom is -0.504 e. The van der Waals surface area contributed by atoms with Gasteiger partial charge >= 0.3 is 6.03 Å². The molecule has 0 aliphatic heterocycles. The zero-order chi connectivity index (χ0) is 12.0. The van der Waals surface area contributed by atoms with Crippen molar-refractivity contribution in [1.29, 1.82) is 0 Å². The fourth-order valence-electron chi connectivity index (χ4n) is 1.16. The molecule has 0 heterocycles. The van der Waals surface area contributed by atoms with Crippen LogP contribution in [0.5, 0.6) is 5.75 Å². The Morgan fingerprint density at radius 3 is 2.94 bits per heavy atom. The number of urea groups is 1. The van der Waals surface area contributed by atoms with Gasteiger partial charge in [0, 0.05) is 6.54 Å². The molecule has 0 spiro atoms. The van der Waals surface area contributed by atoms with Gasteiger partial charge in [-0.3, -0.25) is 0 Å². The maximum atomic E-state index is 11.4. The Balaban J connectivity index is 2.53. The van der Waals surface area contributed by atoms with E-state index in [2.05, 4.69) is 10.6 Å². The van der Waals surface area contributed by atoms with Crippen LogP contribution in [0.4, 0.5) is 10.5 Å². The lowest BCUT2D eigenvalue weighted by Gasteiger charge is -2.09. The van der Waals surface area contributed by atoms with Crippen LogP contribution in [0.25, 0.3) is 0 Å². The molecule has 0 radical (unpaired) electrons. The van der Waals surface area contributed by atoms with Crippen LogP contribution in [-0.2, 0) is 0 Å². The number of para-hydroxylation sites is 1. The maximum Gasteiger partial charge on any atom is 0.319 e. The number of hydrogen-bond acceptors (Lipinski definition) is 2. The highest BCUT2D eigenvalue weighted by atomic mass is 35.5. The Hall–Kier alpha value is -1.42. The first-order valence-corrected chi connectivity index (χ1v) is 5.55. The third-order valence-electron chi connectivity index (χ3n) is 2.05. The van der Waals surface area contributed by atoms with Crippen LogP contribution in [0.3, 0.4) is 0 Å². The third kappa shape index (κ3) is 3.62. The molecule has 2 amide bonds. The Labute approximate surface area is 99.6 Å². The van der Waals surface area contributed by atoms with Crippen molar-refractivity contribution in [1.82, 2.24) is 5.32 Å². The number of carbonyl (C=O) groups excluding carboxylic acids is 1. The van der Waals surface area contributed by atoms with E-state index in [1.54, 1.807) is 18.2 Å². The monoisotopic (exact) mass is 242 g/mol. The molecule has 0 aliphatic rings. The van der Waals surface area contributed by atoms with Crippen LogP contribution in [0.2, 0.25) is 5.02 Å². The number of carbonyl (C=O) groups is 1. The van der Waals surface area contributed by atoms with Crippen molar-refractivity contribution in [3.8, 4) is 5.75 Å². The molecule has 1 aromatic carbocycles. The maximum absolute atomic E-state index is 11.4. The lowest BCUT2D eigenvalue weighted by molar-refractivity contribution is 0.252. The normalized spacial score (nSPS) is 9.88. The molecule has 4 nitrogen and oxygen atoms in total. The van der Waals surface area contributed by atoms with Gasteiger partial charge in [0.05, 0.1) is 10.7 Å². The number of rotatable bonds is 4. The Morgan fingerprint density at radius 2 is 2.25 bits per heavy atom. The predicted molar refractivity (Wildman–Crippen MR) is 65.0 cm³/mol. The molecule has 0 fully saturated rings. The summed E-state index contributed by atoms with van der Waals surface area (Å²) in [7, 11) is 0. The van der Waals surface area contributed by atoms with E-state index in [1.807, 2.05) is 6.92 Å². The summed E-state index contributed by atoms with van der Waals surface area (Å²) >= 11 is 5.70. The van der Waals surface area contributed by atoms with Crippen LogP contribution < -0.4 is 10.6 Å². The van der Waals surface area contributed by atoms with Gasteiger partial charge in [-0.1, -0.05) is 31.0 Å². The van der Waals surface area contributed by atoms with Crippen molar-refractivity contribution < 1.29 is 9.90 Å². The standard InChI is InChI=1S/C11H15ClN2O2/c1-2-3-7-13-11(16)14-9-6-4-5-8(12)10(9)15/h4-6,15H,2-3,7H2,1H3,(H2,13,14,16). The topological polar surface area (TPSA) is 61.4 Å². The zero-order valence-corrected chi connectivity index (χ0v) is 9.84. The molecule has 88 valence electrons. The average molecular weight is 243 g/mol. The Bertz CT molecular complexity index is 369. The molecule has 5 heteroatoms. The highest BCUT2D eigenvalue weighted by Gasteiger charge is 2.07. The Kier molecular flexibility index (Phi) is 4.92.